The van der Waals surface area contributed by atoms with Crippen molar-refractivity contribution in [3.8, 4) is 0 Å². The predicted octanol–water partition coefficient (Wildman–Crippen LogP) is 2.54. The van der Waals surface area contributed by atoms with Gasteiger partial charge in [0.05, 0.1) is 6.10 Å². The summed E-state index contributed by atoms with van der Waals surface area (Å²) in [7, 11) is 3.51. The largest absolute Gasteiger partial charge is 0.379 e. The van der Waals surface area contributed by atoms with Crippen molar-refractivity contribution in [2.75, 3.05) is 27.2 Å². The van der Waals surface area contributed by atoms with Gasteiger partial charge in [0.15, 0.2) is 5.96 Å². The topological polar surface area (TPSA) is 66.0 Å². The van der Waals surface area contributed by atoms with Gasteiger partial charge in [-0.05, 0) is 23.0 Å². The zero-order chi connectivity index (χ0) is 19.9. The standard InChI is InChI=1S/C21H34N4O2/c1-21(2,3)18(27-5)14-24-20(22-4)23-13-16-9-6-7-10-17(16)15-25-12-8-11-19(25)26/h6-7,9-10,18H,8,11-15H2,1-5H3,(H2,22,23,24). The van der Waals surface area contributed by atoms with Crippen molar-refractivity contribution < 1.29 is 9.53 Å². The molecule has 27 heavy (non-hydrogen) atoms. The van der Waals surface area contributed by atoms with Crippen LogP contribution >= 0.6 is 0 Å². The lowest BCUT2D eigenvalue weighted by molar-refractivity contribution is -0.128. The van der Waals surface area contributed by atoms with Crippen LogP contribution in [0.3, 0.4) is 0 Å². The van der Waals surface area contributed by atoms with Gasteiger partial charge in [-0.3, -0.25) is 9.79 Å². The number of methoxy groups -OCH3 is 1. The fourth-order valence-corrected chi connectivity index (χ4v) is 3.29. The van der Waals surface area contributed by atoms with Crippen LogP contribution in [0, 0.1) is 5.41 Å². The number of aliphatic imine (C=N–C) groups is 1. The zero-order valence-electron chi connectivity index (χ0n) is 17.3. The lowest BCUT2D eigenvalue weighted by Gasteiger charge is -2.30. The van der Waals surface area contributed by atoms with E-state index in [1.54, 1.807) is 14.2 Å². The van der Waals surface area contributed by atoms with E-state index in [1.807, 2.05) is 17.0 Å². The summed E-state index contributed by atoms with van der Waals surface area (Å²) in [6.07, 6.45) is 1.72. The average Bonchev–Trinajstić information content (AvgIpc) is 3.03. The molecule has 0 saturated carbocycles. The molecule has 1 amide bonds. The zero-order valence-corrected chi connectivity index (χ0v) is 17.3. The van der Waals surface area contributed by atoms with Crippen LogP contribution in [0.15, 0.2) is 29.3 Å². The molecular formula is C21H34N4O2. The number of carbonyl (C=O) groups excluding carboxylic acids is 1. The number of amides is 1. The number of ether oxygens (including phenoxy) is 1. The maximum Gasteiger partial charge on any atom is 0.222 e. The van der Waals surface area contributed by atoms with E-state index in [4.69, 9.17) is 4.74 Å². The molecule has 150 valence electrons. The van der Waals surface area contributed by atoms with E-state index in [-0.39, 0.29) is 17.4 Å². The number of likely N-dealkylation sites (tertiary alicyclic amines) is 1. The van der Waals surface area contributed by atoms with Crippen molar-refractivity contribution >= 4 is 11.9 Å². The summed E-state index contributed by atoms with van der Waals surface area (Å²) in [6, 6.07) is 8.25. The van der Waals surface area contributed by atoms with Gasteiger partial charge >= 0.3 is 0 Å². The number of nitrogens with one attached hydrogen (secondary N) is 2. The summed E-state index contributed by atoms with van der Waals surface area (Å²) in [5, 5.41) is 6.72. The number of hydrogen-bond donors (Lipinski definition) is 2. The highest BCUT2D eigenvalue weighted by molar-refractivity contribution is 5.79. The molecule has 1 aliphatic heterocycles. The van der Waals surface area contributed by atoms with Crippen molar-refractivity contribution in [1.29, 1.82) is 0 Å². The normalized spacial score (nSPS) is 16.6. The summed E-state index contributed by atoms with van der Waals surface area (Å²) in [5.74, 6) is 0.997. The lowest BCUT2D eigenvalue weighted by Crippen LogP contribution is -2.45. The number of carbonyl (C=O) groups is 1. The summed E-state index contributed by atoms with van der Waals surface area (Å²) in [4.78, 5) is 18.2. The highest BCUT2D eigenvalue weighted by Gasteiger charge is 2.24. The SMILES string of the molecule is CN=C(NCc1ccccc1CN1CCCC1=O)NCC(OC)C(C)(C)C. The number of benzene rings is 1. The van der Waals surface area contributed by atoms with Crippen LogP contribution in [0.25, 0.3) is 0 Å². The molecule has 1 heterocycles. The van der Waals surface area contributed by atoms with Crippen molar-refractivity contribution in [2.24, 2.45) is 10.4 Å². The molecule has 1 aromatic carbocycles. The molecule has 1 unspecified atom stereocenters. The van der Waals surface area contributed by atoms with E-state index in [0.29, 0.717) is 26.1 Å². The molecular weight excluding hydrogens is 340 g/mol. The minimum absolute atomic E-state index is 0.0511. The average molecular weight is 375 g/mol. The number of rotatable bonds is 7. The fourth-order valence-electron chi connectivity index (χ4n) is 3.29. The third-order valence-electron chi connectivity index (χ3n) is 5.03. The number of nitrogens with zero attached hydrogens (tertiary/aromatic N) is 2. The van der Waals surface area contributed by atoms with Crippen molar-refractivity contribution in [3.05, 3.63) is 35.4 Å². The van der Waals surface area contributed by atoms with E-state index in [2.05, 4.69) is 48.5 Å². The van der Waals surface area contributed by atoms with Gasteiger partial charge in [0.25, 0.3) is 0 Å². The minimum Gasteiger partial charge on any atom is -0.379 e. The van der Waals surface area contributed by atoms with E-state index in [9.17, 15) is 4.79 Å². The van der Waals surface area contributed by atoms with E-state index < -0.39 is 0 Å². The third kappa shape index (κ3) is 6.24. The first-order valence-electron chi connectivity index (χ1n) is 9.67. The van der Waals surface area contributed by atoms with Crippen LogP contribution in [0.2, 0.25) is 0 Å². The Kier molecular flexibility index (Phi) is 7.66. The van der Waals surface area contributed by atoms with Crippen molar-refractivity contribution in [2.45, 2.75) is 52.8 Å². The molecule has 2 N–H and O–H groups in total. The molecule has 1 aromatic rings. The summed E-state index contributed by atoms with van der Waals surface area (Å²) < 4.78 is 5.59. The van der Waals surface area contributed by atoms with Crippen LogP contribution < -0.4 is 10.6 Å². The first-order chi connectivity index (χ1) is 12.8. The van der Waals surface area contributed by atoms with E-state index in [1.165, 1.54) is 11.1 Å². The maximum absolute atomic E-state index is 11.9. The predicted molar refractivity (Wildman–Crippen MR) is 110 cm³/mol. The van der Waals surface area contributed by atoms with Crippen LogP contribution in [-0.4, -0.2) is 50.1 Å². The monoisotopic (exact) mass is 374 g/mol. The quantitative estimate of drug-likeness (QED) is 0.569. The Bertz CT molecular complexity index is 652. The molecule has 6 nitrogen and oxygen atoms in total. The Morgan fingerprint density at radius 2 is 1.96 bits per heavy atom. The first-order valence-corrected chi connectivity index (χ1v) is 9.67. The van der Waals surface area contributed by atoms with Crippen LogP contribution in [-0.2, 0) is 22.6 Å². The van der Waals surface area contributed by atoms with Crippen molar-refractivity contribution in [3.63, 3.8) is 0 Å². The molecule has 0 radical (unpaired) electrons. The minimum atomic E-state index is 0.0511. The molecule has 0 spiro atoms. The molecule has 2 rings (SSSR count). The molecule has 0 bridgehead atoms. The van der Waals surface area contributed by atoms with Gasteiger partial charge in [-0.15, -0.1) is 0 Å². The van der Waals surface area contributed by atoms with Crippen molar-refractivity contribution in [1.82, 2.24) is 15.5 Å². The highest BCUT2D eigenvalue weighted by atomic mass is 16.5. The summed E-state index contributed by atoms with van der Waals surface area (Å²) >= 11 is 0. The third-order valence-corrected chi connectivity index (χ3v) is 5.03. The van der Waals surface area contributed by atoms with E-state index >= 15 is 0 Å². The Labute approximate surface area is 163 Å². The highest BCUT2D eigenvalue weighted by Crippen LogP contribution is 2.21. The maximum atomic E-state index is 11.9. The summed E-state index contributed by atoms with van der Waals surface area (Å²) in [5.41, 5.74) is 2.41. The van der Waals surface area contributed by atoms with Crippen LogP contribution in [0.1, 0.15) is 44.7 Å². The molecule has 1 fully saturated rings. The lowest BCUT2D eigenvalue weighted by atomic mass is 9.89. The van der Waals surface area contributed by atoms with Crippen LogP contribution in [0.4, 0.5) is 0 Å². The Balaban J connectivity index is 1.93. The molecule has 1 aliphatic rings. The molecule has 1 saturated heterocycles. The second-order valence-electron chi connectivity index (χ2n) is 8.08. The second kappa shape index (κ2) is 9.74. The fraction of sp³-hybridized carbons (Fsp3) is 0.619. The molecule has 1 atom stereocenters. The van der Waals surface area contributed by atoms with Gasteiger partial charge in [-0.1, -0.05) is 45.0 Å². The molecule has 0 aromatic heterocycles. The van der Waals surface area contributed by atoms with E-state index in [0.717, 1.165) is 18.9 Å². The number of guanidine groups is 1. The summed E-state index contributed by atoms with van der Waals surface area (Å²) in [6.45, 7) is 9.36. The Morgan fingerprint density at radius 1 is 1.26 bits per heavy atom. The second-order valence-corrected chi connectivity index (χ2v) is 8.08. The molecule has 0 aliphatic carbocycles. The molecule has 6 heteroatoms. The van der Waals surface area contributed by atoms with Gasteiger partial charge in [0.1, 0.15) is 0 Å². The Morgan fingerprint density at radius 3 is 2.52 bits per heavy atom. The first kappa shape index (κ1) is 21.2. The Hall–Kier alpha value is -2.08. The number of hydrogen-bond acceptors (Lipinski definition) is 3. The van der Waals surface area contributed by atoms with Gasteiger partial charge in [-0.25, -0.2) is 0 Å². The van der Waals surface area contributed by atoms with Gasteiger partial charge in [0.2, 0.25) is 5.91 Å². The van der Waals surface area contributed by atoms with Gasteiger partial charge < -0.3 is 20.3 Å². The van der Waals surface area contributed by atoms with Crippen LogP contribution in [0.5, 0.6) is 0 Å². The van der Waals surface area contributed by atoms with Gasteiger partial charge in [0, 0.05) is 46.8 Å². The van der Waals surface area contributed by atoms with Gasteiger partial charge in [-0.2, -0.15) is 0 Å². The smallest absolute Gasteiger partial charge is 0.222 e.